The van der Waals surface area contributed by atoms with Crippen molar-refractivity contribution >= 4 is 22.8 Å². The van der Waals surface area contributed by atoms with Crippen molar-refractivity contribution in [2.45, 2.75) is 32.7 Å². The van der Waals surface area contributed by atoms with Gasteiger partial charge in [0.05, 0.1) is 11.7 Å². The predicted octanol–water partition coefficient (Wildman–Crippen LogP) is 4.38. The third kappa shape index (κ3) is 3.90. The van der Waals surface area contributed by atoms with Gasteiger partial charge in [0.25, 0.3) is 5.91 Å². The highest BCUT2D eigenvalue weighted by Crippen LogP contribution is 2.35. The molecule has 0 atom stereocenters. The number of piperidine rings is 1. The molecule has 3 aromatic rings. The van der Waals surface area contributed by atoms with Gasteiger partial charge in [-0.15, -0.1) is 0 Å². The molecule has 4 rings (SSSR count). The van der Waals surface area contributed by atoms with E-state index in [0.717, 1.165) is 23.0 Å². The molecular weight excluding hydrogens is 364 g/mol. The topological polar surface area (TPSA) is 62.6 Å². The zero-order valence-corrected chi connectivity index (χ0v) is 16.7. The number of nitrogens with zero attached hydrogens (tertiary/aromatic N) is 1. The summed E-state index contributed by atoms with van der Waals surface area (Å²) in [4.78, 5) is 27.6. The molecule has 0 spiro atoms. The van der Waals surface area contributed by atoms with Crippen molar-refractivity contribution in [3.8, 4) is 0 Å². The van der Waals surface area contributed by atoms with Crippen LogP contribution in [0.3, 0.4) is 0 Å². The molecule has 0 aliphatic carbocycles. The van der Waals surface area contributed by atoms with E-state index in [-0.39, 0.29) is 11.8 Å². The van der Waals surface area contributed by atoms with E-state index in [1.807, 2.05) is 59.5 Å². The summed E-state index contributed by atoms with van der Waals surface area (Å²) in [6.45, 7) is 3.77. The summed E-state index contributed by atoms with van der Waals surface area (Å²) >= 11 is 0. The molecule has 1 fully saturated rings. The third-order valence-corrected chi connectivity index (χ3v) is 6.16. The number of hydrogen-bond donors (Lipinski definition) is 1. The number of nitrogens with one attached hydrogen (secondary N) is 1. The number of furan rings is 1. The zero-order valence-electron chi connectivity index (χ0n) is 16.7. The van der Waals surface area contributed by atoms with Crippen molar-refractivity contribution in [2.75, 3.05) is 13.1 Å². The lowest BCUT2D eigenvalue weighted by Gasteiger charge is -2.40. The number of carbonyl (C=O) groups excluding carboxylic acids is 2. The summed E-state index contributed by atoms with van der Waals surface area (Å²) in [5.41, 5.74) is 2.19. The van der Waals surface area contributed by atoms with E-state index in [1.54, 1.807) is 6.26 Å². The van der Waals surface area contributed by atoms with Gasteiger partial charge in [-0.3, -0.25) is 9.59 Å². The molecule has 5 heteroatoms. The van der Waals surface area contributed by atoms with Gasteiger partial charge in [0, 0.05) is 30.6 Å². The molecule has 1 N–H and O–H groups in total. The van der Waals surface area contributed by atoms with Gasteiger partial charge in [-0.1, -0.05) is 31.2 Å². The number of hydrogen-bond acceptors (Lipinski definition) is 3. The van der Waals surface area contributed by atoms with Gasteiger partial charge < -0.3 is 14.6 Å². The normalized spacial score (nSPS) is 16.0. The Morgan fingerprint density at radius 2 is 1.83 bits per heavy atom. The quantitative estimate of drug-likeness (QED) is 0.703. The first-order valence-corrected chi connectivity index (χ1v) is 10.2. The van der Waals surface area contributed by atoms with Crippen LogP contribution in [0.25, 0.3) is 11.0 Å². The fourth-order valence-electron chi connectivity index (χ4n) is 4.14. The summed E-state index contributed by atoms with van der Waals surface area (Å²) in [6.07, 6.45) is 3.82. The van der Waals surface area contributed by atoms with Crippen LogP contribution in [0.1, 0.15) is 42.1 Å². The zero-order chi connectivity index (χ0) is 20.3. The van der Waals surface area contributed by atoms with Gasteiger partial charge in [0.2, 0.25) is 5.91 Å². The molecule has 2 amide bonds. The van der Waals surface area contributed by atoms with E-state index >= 15 is 0 Å². The van der Waals surface area contributed by atoms with Crippen LogP contribution in [0.15, 0.2) is 65.3 Å². The van der Waals surface area contributed by atoms with E-state index < -0.39 is 5.41 Å². The average Bonchev–Trinajstić information content (AvgIpc) is 3.25. The third-order valence-electron chi connectivity index (χ3n) is 6.16. The van der Waals surface area contributed by atoms with E-state index in [9.17, 15) is 9.59 Å². The first kappa shape index (κ1) is 19.2. The second kappa shape index (κ2) is 8.11. The Balaban J connectivity index is 1.37. The van der Waals surface area contributed by atoms with Gasteiger partial charge in [0.15, 0.2) is 0 Å². The first-order chi connectivity index (χ1) is 14.1. The van der Waals surface area contributed by atoms with Crippen LogP contribution in [0, 0.1) is 5.41 Å². The highest BCUT2D eigenvalue weighted by Gasteiger charge is 2.40. The Hall–Kier alpha value is -3.08. The van der Waals surface area contributed by atoms with Crippen molar-refractivity contribution in [1.82, 2.24) is 10.2 Å². The molecule has 29 heavy (non-hydrogen) atoms. The molecule has 5 nitrogen and oxygen atoms in total. The molecule has 1 saturated heterocycles. The van der Waals surface area contributed by atoms with Gasteiger partial charge >= 0.3 is 0 Å². The minimum atomic E-state index is -0.410. The number of benzene rings is 2. The SMILES string of the molecule is CCC1(C(=O)NCc2ccc3occc3c2)CCN(C(=O)c2ccccc2)CC1. The molecule has 1 aromatic heterocycles. The minimum absolute atomic E-state index is 0.0455. The molecule has 150 valence electrons. The van der Waals surface area contributed by atoms with Crippen molar-refractivity contribution in [3.63, 3.8) is 0 Å². The number of carbonyl (C=O) groups is 2. The maximum atomic E-state index is 13.1. The number of rotatable bonds is 5. The Morgan fingerprint density at radius 3 is 2.55 bits per heavy atom. The molecule has 0 unspecified atom stereocenters. The van der Waals surface area contributed by atoms with Gasteiger partial charge in [-0.25, -0.2) is 0 Å². The lowest BCUT2D eigenvalue weighted by atomic mass is 9.75. The van der Waals surface area contributed by atoms with Gasteiger partial charge in [-0.2, -0.15) is 0 Å². The van der Waals surface area contributed by atoms with E-state index in [0.29, 0.717) is 38.0 Å². The molecule has 1 aliphatic rings. The summed E-state index contributed by atoms with van der Waals surface area (Å²) in [7, 11) is 0. The fraction of sp³-hybridized carbons (Fsp3) is 0.333. The van der Waals surface area contributed by atoms with Crippen LogP contribution < -0.4 is 5.32 Å². The Kier molecular flexibility index (Phi) is 5.38. The van der Waals surface area contributed by atoms with Crippen LogP contribution in [-0.4, -0.2) is 29.8 Å². The van der Waals surface area contributed by atoms with Crippen molar-refractivity contribution in [2.24, 2.45) is 5.41 Å². The molecular formula is C24H26N2O3. The van der Waals surface area contributed by atoms with Crippen LogP contribution >= 0.6 is 0 Å². The summed E-state index contributed by atoms with van der Waals surface area (Å²) < 4.78 is 5.37. The summed E-state index contributed by atoms with van der Waals surface area (Å²) in [5, 5.41) is 4.16. The molecule has 2 aromatic carbocycles. The number of amides is 2. The van der Waals surface area contributed by atoms with Crippen LogP contribution in [-0.2, 0) is 11.3 Å². The smallest absolute Gasteiger partial charge is 0.253 e. The summed E-state index contributed by atoms with van der Waals surface area (Å²) in [6, 6.07) is 17.2. The lowest BCUT2D eigenvalue weighted by Crippen LogP contribution is -2.49. The van der Waals surface area contributed by atoms with Crippen molar-refractivity contribution in [1.29, 1.82) is 0 Å². The van der Waals surface area contributed by atoms with Crippen LogP contribution in [0.4, 0.5) is 0 Å². The summed E-state index contributed by atoms with van der Waals surface area (Å²) in [5.74, 6) is 0.128. The fourth-order valence-corrected chi connectivity index (χ4v) is 4.14. The molecule has 0 radical (unpaired) electrons. The number of fused-ring (bicyclic) bond motifs is 1. The first-order valence-electron chi connectivity index (χ1n) is 10.2. The van der Waals surface area contributed by atoms with E-state index in [2.05, 4.69) is 12.2 Å². The highest BCUT2D eigenvalue weighted by atomic mass is 16.3. The largest absolute Gasteiger partial charge is 0.464 e. The van der Waals surface area contributed by atoms with Crippen LogP contribution in [0.2, 0.25) is 0 Å². The van der Waals surface area contributed by atoms with E-state index in [1.165, 1.54) is 0 Å². The molecule has 1 aliphatic heterocycles. The second-order valence-electron chi connectivity index (χ2n) is 7.77. The highest BCUT2D eigenvalue weighted by molar-refractivity contribution is 5.94. The Bertz CT molecular complexity index is 1000. The molecule has 2 heterocycles. The van der Waals surface area contributed by atoms with Crippen molar-refractivity contribution < 1.29 is 14.0 Å². The predicted molar refractivity (Wildman–Crippen MR) is 112 cm³/mol. The maximum Gasteiger partial charge on any atom is 0.253 e. The Labute approximate surface area is 170 Å². The minimum Gasteiger partial charge on any atom is -0.464 e. The van der Waals surface area contributed by atoms with E-state index in [4.69, 9.17) is 4.42 Å². The van der Waals surface area contributed by atoms with Crippen molar-refractivity contribution in [3.05, 3.63) is 72.0 Å². The van der Waals surface area contributed by atoms with Gasteiger partial charge in [0.1, 0.15) is 5.58 Å². The Morgan fingerprint density at radius 1 is 1.07 bits per heavy atom. The number of likely N-dealkylation sites (tertiary alicyclic amines) is 1. The monoisotopic (exact) mass is 390 g/mol. The molecule has 0 saturated carbocycles. The molecule has 0 bridgehead atoms. The standard InChI is InChI=1S/C24H26N2O3/c1-2-24(11-13-26(14-12-24)22(27)19-6-4-3-5-7-19)23(28)25-17-18-8-9-21-20(16-18)10-15-29-21/h3-10,15-16H,2,11-14,17H2,1H3,(H,25,28). The lowest BCUT2D eigenvalue weighted by molar-refractivity contribution is -0.134. The average molecular weight is 390 g/mol. The van der Waals surface area contributed by atoms with Gasteiger partial charge in [-0.05, 0) is 55.2 Å². The second-order valence-corrected chi connectivity index (χ2v) is 7.77. The maximum absolute atomic E-state index is 13.1. The van der Waals surface area contributed by atoms with Crippen LogP contribution in [0.5, 0.6) is 0 Å².